The molecule has 1 saturated carbocycles. The normalized spacial score (nSPS) is 20.0. The first-order chi connectivity index (χ1) is 13.3. The van der Waals surface area contributed by atoms with Gasteiger partial charge in [-0.15, -0.1) is 0 Å². The summed E-state index contributed by atoms with van der Waals surface area (Å²) in [4.78, 5) is 0. The fraction of sp³-hybridized carbons (Fsp3) is 0.400. The number of halogens is 3. The van der Waals surface area contributed by atoms with E-state index >= 15 is 0 Å². The highest BCUT2D eigenvalue weighted by molar-refractivity contribution is 5.98. The van der Waals surface area contributed by atoms with Crippen LogP contribution in [0.1, 0.15) is 36.8 Å². The van der Waals surface area contributed by atoms with E-state index in [-0.39, 0.29) is 29.0 Å². The Labute approximate surface area is 161 Å². The van der Waals surface area contributed by atoms with Gasteiger partial charge in [-0.2, -0.15) is 13.2 Å². The van der Waals surface area contributed by atoms with Gasteiger partial charge >= 0.3 is 6.18 Å². The molecule has 2 aromatic rings. The van der Waals surface area contributed by atoms with Crippen molar-refractivity contribution in [3.05, 3.63) is 59.2 Å². The van der Waals surface area contributed by atoms with Crippen LogP contribution in [0.5, 0.6) is 0 Å². The molecule has 1 aliphatic carbocycles. The lowest BCUT2D eigenvalue weighted by molar-refractivity contribution is -0.137. The largest absolute Gasteiger partial charge is 0.416 e. The highest BCUT2D eigenvalue weighted by Gasteiger charge is 2.30. The Balaban J connectivity index is 1.80. The molecule has 3 N–H and O–H groups in total. The van der Waals surface area contributed by atoms with Crippen LogP contribution in [0, 0.1) is 10.8 Å². The van der Waals surface area contributed by atoms with Crippen molar-refractivity contribution in [2.24, 2.45) is 0 Å². The van der Waals surface area contributed by atoms with Crippen molar-refractivity contribution in [1.82, 2.24) is 4.57 Å². The van der Waals surface area contributed by atoms with Gasteiger partial charge in [0.2, 0.25) is 0 Å². The van der Waals surface area contributed by atoms with E-state index in [2.05, 4.69) is 5.32 Å². The SMILES string of the molecule is COC1CCC(Nc2ccc(=N)n(C(=N)c3cccc(C(F)(F)F)c3)c2)CC1. The van der Waals surface area contributed by atoms with Crippen molar-refractivity contribution < 1.29 is 17.9 Å². The molecule has 150 valence electrons. The molecule has 28 heavy (non-hydrogen) atoms. The van der Waals surface area contributed by atoms with Crippen molar-refractivity contribution >= 4 is 11.5 Å². The van der Waals surface area contributed by atoms with E-state index in [0.29, 0.717) is 0 Å². The van der Waals surface area contributed by atoms with Crippen molar-refractivity contribution in [3.8, 4) is 0 Å². The molecule has 1 heterocycles. The molecule has 3 rings (SSSR count). The minimum Gasteiger partial charge on any atom is -0.381 e. The third kappa shape index (κ3) is 4.62. The molecule has 5 nitrogen and oxygen atoms in total. The quantitative estimate of drug-likeness (QED) is 0.538. The third-order valence-electron chi connectivity index (χ3n) is 5.03. The number of hydrogen-bond acceptors (Lipinski definition) is 4. The minimum absolute atomic E-state index is 0.0241. The topological polar surface area (TPSA) is 73.9 Å². The summed E-state index contributed by atoms with van der Waals surface area (Å²) >= 11 is 0. The maximum Gasteiger partial charge on any atom is 0.416 e. The summed E-state index contributed by atoms with van der Waals surface area (Å²) in [6.45, 7) is 0. The molecule has 0 atom stereocenters. The van der Waals surface area contributed by atoms with E-state index in [1.807, 2.05) is 0 Å². The maximum atomic E-state index is 13.0. The zero-order chi connectivity index (χ0) is 20.3. The van der Waals surface area contributed by atoms with Gasteiger partial charge in [-0.25, -0.2) is 0 Å². The van der Waals surface area contributed by atoms with Crippen LogP contribution in [0.4, 0.5) is 18.9 Å². The average Bonchev–Trinajstić information content (AvgIpc) is 2.69. The zero-order valence-electron chi connectivity index (χ0n) is 15.5. The number of benzene rings is 1. The van der Waals surface area contributed by atoms with Gasteiger partial charge in [0.1, 0.15) is 11.3 Å². The van der Waals surface area contributed by atoms with Gasteiger partial charge in [0.25, 0.3) is 0 Å². The molecule has 0 amide bonds. The van der Waals surface area contributed by atoms with Crippen LogP contribution in [-0.2, 0) is 10.9 Å². The molecule has 1 fully saturated rings. The van der Waals surface area contributed by atoms with Crippen LogP contribution < -0.4 is 10.8 Å². The van der Waals surface area contributed by atoms with Crippen LogP contribution in [0.15, 0.2) is 42.6 Å². The first kappa shape index (κ1) is 20.1. The van der Waals surface area contributed by atoms with Gasteiger partial charge in [-0.3, -0.25) is 15.4 Å². The molecule has 1 aromatic carbocycles. The summed E-state index contributed by atoms with van der Waals surface area (Å²) in [6, 6.07) is 8.16. The fourth-order valence-corrected chi connectivity index (χ4v) is 3.43. The van der Waals surface area contributed by atoms with Crippen LogP contribution in [0.3, 0.4) is 0 Å². The highest BCUT2D eigenvalue weighted by atomic mass is 19.4. The van der Waals surface area contributed by atoms with E-state index < -0.39 is 11.7 Å². The molecule has 1 aromatic heterocycles. The standard InChI is InChI=1S/C20H23F3N4O/c1-28-17-8-5-15(6-9-17)26-16-7-10-18(24)27(12-16)19(25)13-3-2-4-14(11-13)20(21,22)23/h2-4,7,10-12,15,17,24-26H,5-6,8-9H2,1H3. The summed E-state index contributed by atoms with van der Waals surface area (Å²) < 4.78 is 45.5. The average molecular weight is 392 g/mol. The lowest BCUT2D eigenvalue weighted by Crippen LogP contribution is -2.31. The van der Waals surface area contributed by atoms with Crippen molar-refractivity contribution in [2.75, 3.05) is 12.4 Å². The van der Waals surface area contributed by atoms with Crippen LogP contribution in [0.2, 0.25) is 0 Å². The number of rotatable bonds is 4. The van der Waals surface area contributed by atoms with Gasteiger partial charge in [-0.05, 0) is 49.9 Å². The number of alkyl halides is 3. The summed E-state index contributed by atoms with van der Waals surface area (Å²) in [7, 11) is 1.72. The van der Waals surface area contributed by atoms with Crippen LogP contribution in [-0.4, -0.2) is 29.7 Å². The Morgan fingerprint density at radius 2 is 1.86 bits per heavy atom. The monoisotopic (exact) mass is 392 g/mol. The van der Waals surface area contributed by atoms with E-state index in [1.165, 1.54) is 22.8 Å². The molecule has 1 aliphatic rings. The molecule has 0 bridgehead atoms. The van der Waals surface area contributed by atoms with Crippen molar-refractivity contribution in [1.29, 1.82) is 10.8 Å². The van der Waals surface area contributed by atoms with Crippen molar-refractivity contribution in [3.63, 3.8) is 0 Å². The highest BCUT2D eigenvalue weighted by Crippen LogP contribution is 2.29. The van der Waals surface area contributed by atoms with Gasteiger partial charge in [-0.1, -0.05) is 12.1 Å². The number of aromatic nitrogens is 1. The Hall–Kier alpha value is -2.61. The smallest absolute Gasteiger partial charge is 0.381 e. The number of nitrogens with one attached hydrogen (secondary N) is 3. The van der Waals surface area contributed by atoms with Gasteiger partial charge in [0.15, 0.2) is 0 Å². The predicted octanol–water partition coefficient (Wildman–Crippen LogP) is 4.23. The first-order valence-electron chi connectivity index (χ1n) is 9.11. The summed E-state index contributed by atoms with van der Waals surface area (Å²) in [6.07, 6.45) is 1.23. The number of ether oxygens (including phenoxy) is 1. The summed E-state index contributed by atoms with van der Waals surface area (Å²) in [5.41, 5.74) is 0.0433. The van der Waals surface area contributed by atoms with E-state index in [4.69, 9.17) is 15.6 Å². The fourth-order valence-electron chi connectivity index (χ4n) is 3.43. The number of anilines is 1. The number of nitrogens with zero attached hydrogens (tertiary/aromatic N) is 1. The molecule has 0 radical (unpaired) electrons. The second kappa shape index (κ2) is 8.18. The summed E-state index contributed by atoms with van der Waals surface area (Å²) in [5.74, 6) is -0.178. The molecule has 0 saturated heterocycles. The van der Waals surface area contributed by atoms with Gasteiger partial charge in [0, 0.05) is 24.9 Å². The first-order valence-corrected chi connectivity index (χ1v) is 9.11. The molecular weight excluding hydrogens is 369 g/mol. The number of methoxy groups -OCH3 is 1. The van der Waals surface area contributed by atoms with Gasteiger partial charge < -0.3 is 10.1 Å². The minimum atomic E-state index is -4.48. The Bertz CT molecular complexity index is 899. The number of pyridine rings is 1. The molecule has 0 aliphatic heterocycles. The molecular formula is C20H23F3N4O. The predicted molar refractivity (Wildman–Crippen MR) is 101 cm³/mol. The third-order valence-corrected chi connectivity index (χ3v) is 5.03. The van der Waals surface area contributed by atoms with E-state index in [9.17, 15) is 13.2 Å². The lowest BCUT2D eigenvalue weighted by atomic mass is 9.93. The Kier molecular flexibility index (Phi) is 5.88. The number of hydrogen-bond donors (Lipinski definition) is 3. The Morgan fingerprint density at radius 3 is 2.50 bits per heavy atom. The second-order valence-electron chi connectivity index (χ2n) is 6.95. The molecule has 0 spiro atoms. The van der Waals surface area contributed by atoms with Crippen LogP contribution in [0.25, 0.3) is 0 Å². The van der Waals surface area contributed by atoms with Crippen LogP contribution >= 0.6 is 0 Å². The maximum absolute atomic E-state index is 13.0. The molecule has 8 heteroatoms. The Morgan fingerprint density at radius 1 is 1.14 bits per heavy atom. The van der Waals surface area contributed by atoms with E-state index in [1.54, 1.807) is 19.4 Å². The van der Waals surface area contributed by atoms with Crippen molar-refractivity contribution in [2.45, 2.75) is 44.0 Å². The zero-order valence-corrected chi connectivity index (χ0v) is 15.5. The molecule has 0 unspecified atom stereocenters. The summed E-state index contributed by atoms with van der Waals surface area (Å²) in [5, 5.41) is 19.8. The van der Waals surface area contributed by atoms with Gasteiger partial charge in [0.05, 0.1) is 17.4 Å². The van der Waals surface area contributed by atoms with E-state index in [0.717, 1.165) is 43.5 Å². The lowest BCUT2D eigenvalue weighted by Gasteiger charge is -2.29. The second-order valence-corrected chi connectivity index (χ2v) is 6.95.